The Kier molecular flexibility index (Phi) is 3.12. The van der Waals surface area contributed by atoms with Crippen molar-refractivity contribution >= 4 is 28.3 Å². The van der Waals surface area contributed by atoms with Gasteiger partial charge < -0.3 is 5.32 Å². The zero-order valence-corrected chi connectivity index (χ0v) is 11.2. The SMILES string of the molecule is CCNc1nc(Cl)cc2c1cnn2C1CCCC1. The number of aromatic nitrogens is 3. The molecule has 3 rings (SSSR count). The Balaban J connectivity index is 2.11. The molecule has 0 atom stereocenters. The van der Waals surface area contributed by atoms with Crippen molar-refractivity contribution in [2.45, 2.75) is 38.6 Å². The van der Waals surface area contributed by atoms with E-state index in [1.165, 1.54) is 25.7 Å². The lowest BCUT2D eigenvalue weighted by atomic mass is 10.2. The summed E-state index contributed by atoms with van der Waals surface area (Å²) in [5.41, 5.74) is 1.10. The molecule has 18 heavy (non-hydrogen) atoms. The number of fused-ring (bicyclic) bond motifs is 1. The molecule has 1 aliphatic carbocycles. The molecule has 2 heterocycles. The van der Waals surface area contributed by atoms with Crippen molar-refractivity contribution in [3.8, 4) is 0 Å². The van der Waals surface area contributed by atoms with Crippen molar-refractivity contribution in [3.63, 3.8) is 0 Å². The van der Waals surface area contributed by atoms with Gasteiger partial charge in [-0.1, -0.05) is 24.4 Å². The minimum atomic E-state index is 0.524. The fourth-order valence-corrected chi connectivity index (χ4v) is 2.94. The van der Waals surface area contributed by atoms with Crippen LogP contribution in [0.1, 0.15) is 38.6 Å². The first-order valence-corrected chi connectivity index (χ1v) is 6.95. The van der Waals surface area contributed by atoms with E-state index in [1.807, 2.05) is 12.3 Å². The lowest BCUT2D eigenvalue weighted by Gasteiger charge is -2.12. The highest BCUT2D eigenvalue weighted by molar-refractivity contribution is 6.30. The van der Waals surface area contributed by atoms with Crippen molar-refractivity contribution in [1.29, 1.82) is 0 Å². The summed E-state index contributed by atoms with van der Waals surface area (Å²) in [5.74, 6) is 0.837. The van der Waals surface area contributed by atoms with E-state index in [9.17, 15) is 0 Å². The second-order valence-electron chi connectivity index (χ2n) is 4.78. The van der Waals surface area contributed by atoms with Gasteiger partial charge in [0.15, 0.2) is 0 Å². The maximum atomic E-state index is 6.10. The number of pyridine rings is 1. The quantitative estimate of drug-likeness (QED) is 0.861. The maximum absolute atomic E-state index is 6.10. The highest BCUT2D eigenvalue weighted by Gasteiger charge is 2.20. The van der Waals surface area contributed by atoms with E-state index in [2.05, 4.69) is 27.0 Å². The maximum Gasteiger partial charge on any atom is 0.138 e. The molecule has 5 heteroatoms. The van der Waals surface area contributed by atoms with Gasteiger partial charge in [-0.15, -0.1) is 0 Å². The van der Waals surface area contributed by atoms with Gasteiger partial charge in [-0.25, -0.2) is 4.98 Å². The summed E-state index contributed by atoms with van der Waals surface area (Å²) in [6.07, 6.45) is 6.92. The number of hydrogen-bond acceptors (Lipinski definition) is 3. The molecule has 1 saturated carbocycles. The fraction of sp³-hybridized carbons (Fsp3) is 0.538. The highest BCUT2D eigenvalue weighted by Crippen LogP contribution is 2.33. The molecule has 1 aliphatic rings. The normalized spacial score (nSPS) is 16.6. The summed E-state index contributed by atoms with van der Waals surface area (Å²) in [6, 6.07) is 2.44. The summed E-state index contributed by atoms with van der Waals surface area (Å²) >= 11 is 6.10. The Morgan fingerprint density at radius 1 is 1.44 bits per heavy atom. The third-order valence-corrected chi connectivity index (χ3v) is 3.77. The molecule has 0 bridgehead atoms. The summed E-state index contributed by atoms with van der Waals surface area (Å²) in [7, 11) is 0. The monoisotopic (exact) mass is 264 g/mol. The third-order valence-electron chi connectivity index (χ3n) is 3.58. The number of hydrogen-bond donors (Lipinski definition) is 1. The van der Waals surface area contributed by atoms with E-state index < -0.39 is 0 Å². The molecule has 1 N–H and O–H groups in total. The van der Waals surface area contributed by atoms with Crippen molar-refractivity contribution in [3.05, 3.63) is 17.4 Å². The summed E-state index contributed by atoms with van der Waals surface area (Å²) in [5, 5.41) is 9.37. The van der Waals surface area contributed by atoms with Crippen LogP contribution in [0, 0.1) is 0 Å². The molecule has 0 amide bonds. The zero-order chi connectivity index (χ0) is 12.5. The molecule has 1 fully saturated rings. The van der Waals surface area contributed by atoms with Gasteiger partial charge in [0.1, 0.15) is 11.0 Å². The van der Waals surface area contributed by atoms with Crippen LogP contribution in [0.4, 0.5) is 5.82 Å². The molecule has 96 valence electrons. The molecule has 0 saturated heterocycles. The van der Waals surface area contributed by atoms with E-state index >= 15 is 0 Å². The molecule has 0 aliphatic heterocycles. The first-order chi connectivity index (χ1) is 8.79. The van der Waals surface area contributed by atoms with Gasteiger partial charge >= 0.3 is 0 Å². The van der Waals surface area contributed by atoms with Crippen LogP contribution < -0.4 is 5.32 Å². The Morgan fingerprint density at radius 3 is 2.94 bits per heavy atom. The number of rotatable bonds is 3. The predicted octanol–water partition coefficient (Wildman–Crippen LogP) is 3.63. The number of anilines is 1. The zero-order valence-electron chi connectivity index (χ0n) is 10.5. The second kappa shape index (κ2) is 4.76. The molecule has 0 radical (unpaired) electrons. The van der Waals surface area contributed by atoms with Crippen LogP contribution >= 0.6 is 11.6 Å². The second-order valence-corrected chi connectivity index (χ2v) is 5.17. The van der Waals surface area contributed by atoms with Gasteiger partial charge in [0, 0.05) is 12.6 Å². The van der Waals surface area contributed by atoms with Gasteiger partial charge in [0.05, 0.1) is 23.1 Å². The van der Waals surface area contributed by atoms with Crippen LogP contribution in [0.5, 0.6) is 0 Å². The minimum Gasteiger partial charge on any atom is -0.370 e. The molecule has 4 nitrogen and oxygen atoms in total. The molecule has 0 aromatic carbocycles. The number of halogens is 1. The lowest BCUT2D eigenvalue weighted by Crippen LogP contribution is -2.06. The van der Waals surface area contributed by atoms with Gasteiger partial charge in [0.2, 0.25) is 0 Å². The topological polar surface area (TPSA) is 42.7 Å². The van der Waals surface area contributed by atoms with E-state index in [1.54, 1.807) is 0 Å². The third kappa shape index (κ3) is 1.94. The van der Waals surface area contributed by atoms with Gasteiger partial charge in [-0.2, -0.15) is 5.10 Å². The first-order valence-electron chi connectivity index (χ1n) is 6.57. The molecule has 2 aromatic heterocycles. The Hall–Kier alpha value is -1.29. The smallest absolute Gasteiger partial charge is 0.138 e. The standard InChI is InChI=1S/C13H17ClN4/c1-2-15-13-10-8-16-18(9-5-3-4-6-9)11(10)7-12(14)17-13/h7-9H,2-6H2,1H3,(H,15,17). The predicted molar refractivity (Wildman–Crippen MR) is 74.2 cm³/mol. The average molecular weight is 265 g/mol. The Bertz CT molecular complexity index is 557. The summed E-state index contributed by atoms with van der Waals surface area (Å²) in [6.45, 7) is 2.88. The van der Waals surface area contributed by atoms with Crippen LogP contribution in [0.3, 0.4) is 0 Å². The van der Waals surface area contributed by atoms with E-state index in [4.69, 9.17) is 11.6 Å². The van der Waals surface area contributed by atoms with Crippen molar-refractivity contribution in [2.24, 2.45) is 0 Å². The molecular formula is C13H17ClN4. The number of nitrogens with zero attached hydrogens (tertiary/aromatic N) is 3. The van der Waals surface area contributed by atoms with Crippen LogP contribution in [0.25, 0.3) is 10.9 Å². The van der Waals surface area contributed by atoms with Crippen LogP contribution in [-0.4, -0.2) is 21.3 Å². The van der Waals surface area contributed by atoms with E-state index in [0.717, 1.165) is 23.3 Å². The number of nitrogens with one attached hydrogen (secondary N) is 1. The molecular weight excluding hydrogens is 248 g/mol. The lowest BCUT2D eigenvalue weighted by molar-refractivity contribution is 0.482. The van der Waals surface area contributed by atoms with Crippen LogP contribution in [0.15, 0.2) is 12.3 Å². The molecule has 2 aromatic rings. The molecule has 0 spiro atoms. The summed E-state index contributed by atoms with van der Waals surface area (Å²) in [4.78, 5) is 4.33. The molecule has 0 unspecified atom stereocenters. The van der Waals surface area contributed by atoms with Gasteiger partial charge in [-0.05, 0) is 19.8 Å². The average Bonchev–Trinajstić information content (AvgIpc) is 2.96. The fourth-order valence-electron chi connectivity index (χ4n) is 2.75. The van der Waals surface area contributed by atoms with Crippen LogP contribution in [-0.2, 0) is 0 Å². The van der Waals surface area contributed by atoms with E-state index in [0.29, 0.717) is 11.2 Å². The van der Waals surface area contributed by atoms with Gasteiger partial charge in [0.25, 0.3) is 0 Å². The van der Waals surface area contributed by atoms with Crippen molar-refractivity contribution < 1.29 is 0 Å². The van der Waals surface area contributed by atoms with Crippen molar-refractivity contribution in [2.75, 3.05) is 11.9 Å². The summed E-state index contributed by atoms with van der Waals surface area (Å²) < 4.78 is 2.12. The Labute approximate surface area is 111 Å². The van der Waals surface area contributed by atoms with E-state index in [-0.39, 0.29) is 0 Å². The van der Waals surface area contributed by atoms with Gasteiger partial charge in [-0.3, -0.25) is 4.68 Å². The van der Waals surface area contributed by atoms with Crippen LogP contribution in [0.2, 0.25) is 5.15 Å². The first kappa shape index (κ1) is 11.8. The minimum absolute atomic E-state index is 0.524. The Morgan fingerprint density at radius 2 is 2.22 bits per heavy atom. The van der Waals surface area contributed by atoms with Crippen molar-refractivity contribution in [1.82, 2.24) is 14.8 Å². The largest absolute Gasteiger partial charge is 0.370 e. The highest BCUT2D eigenvalue weighted by atomic mass is 35.5.